The third-order valence-electron chi connectivity index (χ3n) is 3.67. The fraction of sp³-hybridized carbons (Fsp3) is 0.583. The molecule has 1 aliphatic carbocycles. The minimum absolute atomic E-state index is 0.419. The molecule has 6 nitrogen and oxygen atoms in total. The summed E-state index contributed by atoms with van der Waals surface area (Å²) in [6.07, 6.45) is 4.39. The number of hydrogen-bond acceptors (Lipinski definition) is 5. The van der Waals surface area contributed by atoms with Crippen LogP contribution in [0.3, 0.4) is 0 Å². The number of aryl methyl sites for hydroxylation is 2. The molecule has 2 aromatic rings. The van der Waals surface area contributed by atoms with E-state index in [0.29, 0.717) is 19.0 Å². The van der Waals surface area contributed by atoms with Crippen molar-refractivity contribution in [3.63, 3.8) is 0 Å². The summed E-state index contributed by atoms with van der Waals surface area (Å²) in [5.74, 6) is 1.01. The molecule has 0 unspecified atom stereocenters. The monoisotopic (exact) mass is 246 g/mol. The fourth-order valence-electron chi connectivity index (χ4n) is 2.86. The molecule has 6 heteroatoms. The molecule has 0 aromatic carbocycles. The number of fused-ring (bicyclic) bond motifs is 3. The normalized spacial score (nSPS) is 21.6. The van der Waals surface area contributed by atoms with Gasteiger partial charge in [-0.3, -0.25) is 0 Å². The van der Waals surface area contributed by atoms with Gasteiger partial charge in [0.05, 0.1) is 18.9 Å². The van der Waals surface area contributed by atoms with E-state index >= 15 is 0 Å². The van der Waals surface area contributed by atoms with Crippen LogP contribution in [0.5, 0.6) is 0 Å². The van der Waals surface area contributed by atoms with Crippen LogP contribution in [0, 0.1) is 6.92 Å². The first-order valence-corrected chi connectivity index (χ1v) is 6.24. The molecular formula is C12H14N4O2. The number of aromatic nitrogens is 4. The highest BCUT2D eigenvalue weighted by Crippen LogP contribution is 2.34. The smallest absolute Gasteiger partial charge is 0.252 e. The summed E-state index contributed by atoms with van der Waals surface area (Å²) in [7, 11) is 0. The van der Waals surface area contributed by atoms with E-state index in [1.807, 2.05) is 17.6 Å². The van der Waals surface area contributed by atoms with E-state index in [-0.39, 0.29) is 0 Å². The molecule has 1 saturated heterocycles. The fourth-order valence-corrected chi connectivity index (χ4v) is 2.86. The van der Waals surface area contributed by atoms with Crippen molar-refractivity contribution in [2.24, 2.45) is 0 Å². The van der Waals surface area contributed by atoms with Crippen molar-refractivity contribution in [1.29, 1.82) is 0 Å². The molecule has 94 valence electrons. The van der Waals surface area contributed by atoms with E-state index in [9.17, 15) is 0 Å². The maximum absolute atomic E-state index is 5.76. The molecule has 18 heavy (non-hydrogen) atoms. The van der Waals surface area contributed by atoms with E-state index < -0.39 is 5.79 Å². The third kappa shape index (κ3) is 1.39. The summed E-state index contributed by atoms with van der Waals surface area (Å²) in [6.45, 7) is 3.26. The van der Waals surface area contributed by atoms with Crippen LogP contribution in [0.25, 0.3) is 5.78 Å². The first-order chi connectivity index (χ1) is 8.76. The first kappa shape index (κ1) is 10.4. The van der Waals surface area contributed by atoms with Crippen LogP contribution < -0.4 is 0 Å². The summed E-state index contributed by atoms with van der Waals surface area (Å²) in [4.78, 5) is 8.64. The molecule has 2 aliphatic rings. The van der Waals surface area contributed by atoms with E-state index in [4.69, 9.17) is 9.47 Å². The Morgan fingerprint density at radius 3 is 3.00 bits per heavy atom. The first-order valence-electron chi connectivity index (χ1n) is 6.24. The maximum atomic E-state index is 5.76. The molecule has 3 heterocycles. The number of ether oxygens (including phenoxy) is 2. The summed E-state index contributed by atoms with van der Waals surface area (Å²) in [5, 5.41) is 4.40. The third-order valence-corrected chi connectivity index (χ3v) is 3.67. The number of hydrogen-bond donors (Lipinski definition) is 0. The predicted molar refractivity (Wildman–Crippen MR) is 62.2 cm³/mol. The molecule has 0 radical (unpaired) electrons. The van der Waals surface area contributed by atoms with Gasteiger partial charge in [0, 0.05) is 19.0 Å². The van der Waals surface area contributed by atoms with Crippen molar-refractivity contribution in [3.05, 3.63) is 23.3 Å². The van der Waals surface area contributed by atoms with Gasteiger partial charge in [-0.2, -0.15) is 10.1 Å². The van der Waals surface area contributed by atoms with Crippen molar-refractivity contribution in [2.45, 2.75) is 32.0 Å². The van der Waals surface area contributed by atoms with Gasteiger partial charge in [-0.1, -0.05) is 0 Å². The molecule has 0 saturated carbocycles. The Hall–Kier alpha value is -1.53. The zero-order valence-electron chi connectivity index (χ0n) is 10.2. The molecule has 2 aromatic heterocycles. The quantitative estimate of drug-likeness (QED) is 0.683. The highest BCUT2D eigenvalue weighted by Gasteiger charge is 2.40. The van der Waals surface area contributed by atoms with E-state index in [0.717, 1.165) is 30.7 Å². The zero-order valence-corrected chi connectivity index (χ0v) is 10.2. The lowest BCUT2D eigenvalue weighted by atomic mass is 9.91. The minimum atomic E-state index is -0.419. The Morgan fingerprint density at radius 2 is 2.17 bits per heavy atom. The van der Waals surface area contributed by atoms with Crippen LogP contribution in [-0.4, -0.2) is 38.6 Å². The van der Waals surface area contributed by atoms with Gasteiger partial charge in [-0.05, 0) is 18.9 Å². The molecule has 1 aliphatic heterocycles. The van der Waals surface area contributed by atoms with Crippen LogP contribution in [0.2, 0.25) is 0 Å². The highest BCUT2D eigenvalue weighted by atomic mass is 16.7. The molecule has 1 fully saturated rings. The second-order valence-corrected chi connectivity index (χ2v) is 4.89. The van der Waals surface area contributed by atoms with E-state index in [2.05, 4.69) is 15.1 Å². The van der Waals surface area contributed by atoms with Gasteiger partial charge in [-0.15, -0.1) is 0 Å². The van der Waals surface area contributed by atoms with Crippen molar-refractivity contribution < 1.29 is 9.47 Å². The Labute approximate surface area is 104 Å². The van der Waals surface area contributed by atoms with E-state index in [1.165, 1.54) is 5.69 Å². The Morgan fingerprint density at radius 1 is 1.33 bits per heavy atom. The molecule has 0 bridgehead atoms. The Balaban J connectivity index is 1.83. The molecule has 0 atom stereocenters. The molecule has 4 rings (SSSR count). The number of nitrogens with zero attached hydrogens (tertiary/aromatic N) is 4. The van der Waals surface area contributed by atoms with Gasteiger partial charge < -0.3 is 9.47 Å². The largest absolute Gasteiger partial charge is 0.347 e. The summed E-state index contributed by atoms with van der Waals surface area (Å²) in [6, 6.07) is 0. The Bertz CT molecular complexity index is 616. The van der Waals surface area contributed by atoms with Crippen LogP contribution in [-0.2, 0) is 22.3 Å². The topological polar surface area (TPSA) is 61.5 Å². The predicted octanol–water partition coefficient (Wildman–Crippen LogP) is 0.665. The molecular weight excluding hydrogens is 232 g/mol. The van der Waals surface area contributed by atoms with Crippen LogP contribution in [0.4, 0.5) is 0 Å². The summed E-state index contributed by atoms with van der Waals surface area (Å²) >= 11 is 0. The minimum Gasteiger partial charge on any atom is -0.347 e. The summed E-state index contributed by atoms with van der Waals surface area (Å²) in [5.41, 5.74) is 2.34. The van der Waals surface area contributed by atoms with Gasteiger partial charge in [0.15, 0.2) is 5.79 Å². The van der Waals surface area contributed by atoms with Gasteiger partial charge in [0.1, 0.15) is 5.82 Å². The van der Waals surface area contributed by atoms with Crippen molar-refractivity contribution in [3.8, 4) is 0 Å². The lowest BCUT2D eigenvalue weighted by Gasteiger charge is -2.32. The molecule has 0 amide bonds. The molecule has 1 spiro atoms. The lowest BCUT2D eigenvalue weighted by molar-refractivity contribution is -0.164. The summed E-state index contributed by atoms with van der Waals surface area (Å²) < 4.78 is 13.4. The van der Waals surface area contributed by atoms with Crippen molar-refractivity contribution >= 4 is 5.78 Å². The number of rotatable bonds is 0. The van der Waals surface area contributed by atoms with Crippen molar-refractivity contribution in [2.75, 3.05) is 13.2 Å². The van der Waals surface area contributed by atoms with Gasteiger partial charge in [-0.25, -0.2) is 9.50 Å². The SMILES string of the molecule is Cc1nc2ncc3c(n2n1)CCC1(C3)OCCO1. The van der Waals surface area contributed by atoms with Gasteiger partial charge >= 0.3 is 0 Å². The van der Waals surface area contributed by atoms with Crippen LogP contribution >= 0.6 is 0 Å². The maximum Gasteiger partial charge on any atom is 0.252 e. The van der Waals surface area contributed by atoms with Crippen molar-refractivity contribution in [1.82, 2.24) is 19.6 Å². The lowest BCUT2D eigenvalue weighted by Crippen LogP contribution is -2.37. The van der Waals surface area contributed by atoms with Crippen LogP contribution in [0.1, 0.15) is 23.5 Å². The zero-order chi connectivity index (χ0) is 12.2. The van der Waals surface area contributed by atoms with E-state index in [1.54, 1.807) is 0 Å². The van der Waals surface area contributed by atoms with Crippen LogP contribution in [0.15, 0.2) is 6.20 Å². The second kappa shape index (κ2) is 3.49. The average molecular weight is 246 g/mol. The highest BCUT2D eigenvalue weighted by molar-refractivity contribution is 5.35. The van der Waals surface area contributed by atoms with Gasteiger partial charge in [0.2, 0.25) is 0 Å². The second-order valence-electron chi connectivity index (χ2n) is 4.89. The molecule has 0 N–H and O–H groups in total. The van der Waals surface area contributed by atoms with Gasteiger partial charge in [0.25, 0.3) is 5.78 Å². The average Bonchev–Trinajstić information content (AvgIpc) is 2.95. The Kier molecular flexibility index (Phi) is 2.02. The standard InChI is InChI=1S/C12H14N4O2/c1-8-14-11-13-7-9-6-12(17-4-5-18-12)3-2-10(9)16(11)15-8/h7H,2-6H2,1H3.